The molecule has 4 heteroatoms. The minimum Gasteiger partial charge on any atom is -0.445 e. The Balaban J connectivity index is 2.13. The molecule has 1 unspecified atom stereocenters. The van der Waals surface area contributed by atoms with Crippen LogP contribution in [-0.2, 0) is 4.74 Å². The molecule has 1 fully saturated rings. The van der Waals surface area contributed by atoms with Gasteiger partial charge in [0.1, 0.15) is 6.10 Å². The first-order chi connectivity index (χ1) is 7.22. The molecule has 0 aromatic carbocycles. The highest BCUT2D eigenvalue weighted by Crippen LogP contribution is 2.11. The van der Waals surface area contributed by atoms with Crippen molar-refractivity contribution in [1.29, 1.82) is 0 Å². The number of nitrogens with zero attached hydrogens (tertiary/aromatic N) is 1. The predicted octanol–water partition coefficient (Wildman–Crippen LogP) is 1.61. The van der Waals surface area contributed by atoms with Crippen molar-refractivity contribution in [3.05, 3.63) is 0 Å². The molecule has 1 aliphatic heterocycles. The molecule has 0 radical (unpaired) electrons. The van der Waals surface area contributed by atoms with Gasteiger partial charge < -0.3 is 15.0 Å². The summed E-state index contributed by atoms with van der Waals surface area (Å²) in [5.41, 5.74) is 0. The molecule has 1 N–H and O–H groups in total. The van der Waals surface area contributed by atoms with Gasteiger partial charge in [0.05, 0.1) is 0 Å². The molecule has 15 heavy (non-hydrogen) atoms. The Hall–Kier alpha value is -0.770. The van der Waals surface area contributed by atoms with E-state index in [1.807, 2.05) is 0 Å². The van der Waals surface area contributed by atoms with Gasteiger partial charge in [0.15, 0.2) is 0 Å². The molecule has 0 aromatic heterocycles. The Morgan fingerprint density at radius 2 is 2.40 bits per heavy atom. The van der Waals surface area contributed by atoms with E-state index < -0.39 is 0 Å². The molecule has 1 aliphatic rings. The molecule has 4 nitrogen and oxygen atoms in total. The second kappa shape index (κ2) is 6.67. The highest BCUT2D eigenvalue weighted by Gasteiger charge is 2.20. The number of likely N-dealkylation sites (N-methyl/N-ethyl adjacent to an activating group) is 1. The molecule has 0 spiro atoms. The fourth-order valence-electron chi connectivity index (χ4n) is 1.78. The third kappa shape index (κ3) is 5.02. The van der Waals surface area contributed by atoms with E-state index in [2.05, 4.69) is 24.2 Å². The van der Waals surface area contributed by atoms with Gasteiger partial charge in [0, 0.05) is 13.1 Å². The lowest BCUT2D eigenvalue weighted by molar-refractivity contribution is 0.0509. The van der Waals surface area contributed by atoms with Crippen molar-refractivity contribution in [3.63, 3.8) is 0 Å². The second-order valence-electron chi connectivity index (χ2n) is 4.21. The number of amides is 1. The van der Waals surface area contributed by atoms with Crippen molar-refractivity contribution >= 4 is 6.09 Å². The average Bonchev–Trinajstić information content (AvgIpc) is 2.18. The van der Waals surface area contributed by atoms with Crippen LogP contribution in [0.4, 0.5) is 4.79 Å². The molecule has 1 rings (SSSR count). The first-order valence-electron chi connectivity index (χ1n) is 5.85. The molecule has 88 valence electrons. The highest BCUT2D eigenvalue weighted by molar-refractivity contribution is 5.67. The number of hydrogen-bond acceptors (Lipinski definition) is 3. The summed E-state index contributed by atoms with van der Waals surface area (Å²) in [7, 11) is 2.06. The number of carbonyl (C=O) groups is 1. The number of rotatable bonds is 4. The third-order valence-electron chi connectivity index (χ3n) is 2.65. The predicted molar refractivity (Wildman–Crippen MR) is 59.9 cm³/mol. The lowest BCUT2D eigenvalue weighted by Crippen LogP contribution is -2.40. The van der Waals surface area contributed by atoms with Gasteiger partial charge in [-0.25, -0.2) is 4.79 Å². The van der Waals surface area contributed by atoms with E-state index in [1.54, 1.807) is 0 Å². The lowest BCUT2D eigenvalue weighted by Gasteiger charge is -2.29. The van der Waals surface area contributed by atoms with E-state index in [4.69, 9.17) is 4.74 Å². The number of nitrogens with one attached hydrogen (secondary N) is 1. The molecule has 1 amide bonds. The largest absolute Gasteiger partial charge is 0.445 e. The number of piperidine rings is 1. The van der Waals surface area contributed by atoms with Gasteiger partial charge in [-0.15, -0.1) is 0 Å². The van der Waals surface area contributed by atoms with E-state index in [1.165, 1.54) is 0 Å². The minimum absolute atomic E-state index is 0.0744. The molecular weight excluding hydrogens is 192 g/mol. The Morgan fingerprint density at radius 3 is 3.07 bits per heavy atom. The van der Waals surface area contributed by atoms with Gasteiger partial charge in [-0.2, -0.15) is 0 Å². The van der Waals surface area contributed by atoms with Crippen LogP contribution in [0.3, 0.4) is 0 Å². The standard InChI is InChI=1S/C11H22N2O2/c1-3-4-7-12-11(14)15-10-6-5-8-13(2)9-10/h10H,3-9H2,1-2H3,(H,12,14). The van der Waals surface area contributed by atoms with Crippen molar-refractivity contribution in [2.45, 2.75) is 38.7 Å². The summed E-state index contributed by atoms with van der Waals surface area (Å²) in [5.74, 6) is 0. The van der Waals surface area contributed by atoms with Crippen LogP contribution < -0.4 is 5.32 Å². The van der Waals surface area contributed by atoms with Crippen LogP contribution in [0.25, 0.3) is 0 Å². The van der Waals surface area contributed by atoms with E-state index in [9.17, 15) is 4.79 Å². The summed E-state index contributed by atoms with van der Waals surface area (Å²) in [4.78, 5) is 13.5. The van der Waals surface area contributed by atoms with Crippen molar-refractivity contribution < 1.29 is 9.53 Å². The summed E-state index contributed by atoms with van der Waals surface area (Å²) >= 11 is 0. The maximum atomic E-state index is 11.3. The maximum absolute atomic E-state index is 11.3. The second-order valence-corrected chi connectivity index (χ2v) is 4.21. The van der Waals surface area contributed by atoms with Gasteiger partial charge in [-0.3, -0.25) is 0 Å². The van der Waals surface area contributed by atoms with Crippen molar-refractivity contribution in [3.8, 4) is 0 Å². The van der Waals surface area contributed by atoms with Gasteiger partial charge in [-0.05, 0) is 32.9 Å². The maximum Gasteiger partial charge on any atom is 0.407 e. The molecule has 1 saturated heterocycles. The average molecular weight is 214 g/mol. The molecule has 0 aromatic rings. The minimum atomic E-state index is -0.260. The Bertz CT molecular complexity index is 197. The quantitative estimate of drug-likeness (QED) is 0.723. The summed E-state index contributed by atoms with van der Waals surface area (Å²) in [5, 5.41) is 2.77. The SMILES string of the molecule is CCCCNC(=O)OC1CCCN(C)C1. The van der Waals surface area contributed by atoms with E-state index in [0.717, 1.165) is 45.3 Å². The number of hydrogen-bond donors (Lipinski definition) is 1. The van der Waals surface area contributed by atoms with E-state index in [-0.39, 0.29) is 12.2 Å². The summed E-state index contributed by atoms with van der Waals surface area (Å²) < 4.78 is 5.32. The zero-order valence-corrected chi connectivity index (χ0v) is 9.79. The Labute approximate surface area is 92.0 Å². The van der Waals surface area contributed by atoms with Crippen molar-refractivity contribution in [2.75, 3.05) is 26.7 Å². The fourth-order valence-corrected chi connectivity index (χ4v) is 1.78. The molecule has 1 atom stereocenters. The van der Waals surface area contributed by atoms with Gasteiger partial charge in [0.25, 0.3) is 0 Å². The number of alkyl carbamates (subject to hydrolysis) is 1. The number of likely N-dealkylation sites (tertiary alicyclic amines) is 1. The van der Waals surface area contributed by atoms with Crippen LogP contribution >= 0.6 is 0 Å². The number of unbranched alkanes of at least 4 members (excludes halogenated alkanes) is 1. The summed E-state index contributed by atoms with van der Waals surface area (Å²) in [6.45, 7) is 4.79. The molecule has 1 heterocycles. The third-order valence-corrected chi connectivity index (χ3v) is 2.65. The normalized spacial score (nSPS) is 22.4. The molecule has 0 saturated carbocycles. The van der Waals surface area contributed by atoms with Crippen LogP contribution in [0.2, 0.25) is 0 Å². The molecule has 0 bridgehead atoms. The summed E-state index contributed by atoms with van der Waals surface area (Å²) in [6, 6.07) is 0. The summed E-state index contributed by atoms with van der Waals surface area (Å²) in [6.07, 6.45) is 4.02. The van der Waals surface area contributed by atoms with Crippen LogP contribution in [0.5, 0.6) is 0 Å². The first kappa shape index (κ1) is 12.3. The number of carbonyl (C=O) groups excluding carboxylic acids is 1. The van der Waals surface area contributed by atoms with E-state index in [0.29, 0.717) is 0 Å². The lowest BCUT2D eigenvalue weighted by atomic mass is 10.1. The zero-order valence-electron chi connectivity index (χ0n) is 9.79. The smallest absolute Gasteiger partial charge is 0.407 e. The Morgan fingerprint density at radius 1 is 1.60 bits per heavy atom. The molecule has 0 aliphatic carbocycles. The monoisotopic (exact) mass is 214 g/mol. The zero-order chi connectivity index (χ0) is 11.1. The van der Waals surface area contributed by atoms with Crippen LogP contribution in [0.1, 0.15) is 32.6 Å². The van der Waals surface area contributed by atoms with Crippen molar-refractivity contribution in [1.82, 2.24) is 10.2 Å². The Kier molecular flexibility index (Phi) is 5.47. The topological polar surface area (TPSA) is 41.6 Å². The van der Waals surface area contributed by atoms with Gasteiger partial charge >= 0.3 is 6.09 Å². The molecular formula is C11H22N2O2. The highest BCUT2D eigenvalue weighted by atomic mass is 16.6. The van der Waals surface area contributed by atoms with Crippen LogP contribution in [-0.4, -0.2) is 43.8 Å². The van der Waals surface area contributed by atoms with Gasteiger partial charge in [-0.1, -0.05) is 13.3 Å². The van der Waals surface area contributed by atoms with Crippen LogP contribution in [0, 0.1) is 0 Å². The van der Waals surface area contributed by atoms with Gasteiger partial charge in [0.2, 0.25) is 0 Å². The van der Waals surface area contributed by atoms with Crippen LogP contribution in [0.15, 0.2) is 0 Å². The van der Waals surface area contributed by atoms with Crippen molar-refractivity contribution in [2.24, 2.45) is 0 Å². The number of ether oxygens (including phenoxy) is 1. The first-order valence-corrected chi connectivity index (χ1v) is 5.85. The van der Waals surface area contributed by atoms with E-state index >= 15 is 0 Å². The fraction of sp³-hybridized carbons (Fsp3) is 0.909.